The molecule has 18 heavy (non-hydrogen) atoms. The predicted octanol–water partition coefficient (Wildman–Crippen LogP) is 2.20. The maximum Gasteiger partial charge on any atom is 0.297 e. The van der Waals surface area contributed by atoms with Crippen molar-refractivity contribution in [3.05, 3.63) is 33.1 Å². The third-order valence-electron chi connectivity index (χ3n) is 1.74. The lowest BCUT2D eigenvalue weighted by atomic mass is 10.2. The van der Waals surface area contributed by atoms with Gasteiger partial charge >= 0.3 is 0 Å². The van der Waals surface area contributed by atoms with Gasteiger partial charge in [0, 0.05) is 0 Å². The number of nitriles is 2. The first kappa shape index (κ1) is 13.4. The summed E-state index contributed by atoms with van der Waals surface area (Å²) in [4.78, 5) is 9.79. The molecule has 0 amide bonds. The fourth-order valence-electron chi connectivity index (χ4n) is 0.968. The molecule has 9 heteroatoms. The monoisotopic (exact) mass is 267 g/mol. The topological polar surface area (TPSA) is 115 Å². The highest BCUT2D eigenvalue weighted by molar-refractivity contribution is 6.31. The number of nitro benzene ring substituents is 1. The van der Waals surface area contributed by atoms with Crippen molar-refractivity contribution in [2.75, 3.05) is 5.43 Å². The van der Waals surface area contributed by atoms with Gasteiger partial charge in [0.25, 0.3) is 5.69 Å². The molecule has 0 unspecified atom stereocenters. The van der Waals surface area contributed by atoms with Crippen molar-refractivity contribution in [2.24, 2.45) is 5.10 Å². The molecule has 7 nitrogen and oxygen atoms in total. The molecule has 0 atom stereocenters. The minimum Gasteiger partial charge on any atom is -0.270 e. The summed E-state index contributed by atoms with van der Waals surface area (Å²) in [6.07, 6.45) is 0. The number of hydrogen-bond acceptors (Lipinski definition) is 6. The number of anilines is 1. The molecule has 0 aliphatic heterocycles. The van der Waals surface area contributed by atoms with E-state index in [0.717, 1.165) is 6.07 Å². The maximum absolute atomic E-state index is 13.0. The van der Waals surface area contributed by atoms with Crippen molar-refractivity contribution in [1.82, 2.24) is 0 Å². The SMILES string of the molecule is N#CC(C#N)=NNc1cc(Cl)c(F)cc1[N+](=O)[O-]. The summed E-state index contributed by atoms with van der Waals surface area (Å²) in [5.74, 6) is -0.960. The first-order chi connectivity index (χ1) is 8.49. The maximum atomic E-state index is 13.0. The molecule has 0 saturated heterocycles. The first-order valence-corrected chi connectivity index (χ1v) is 4.64. The number of benzene rings is 1. The molecular formula is C9H3ClFN5O2. The average molecular weight is 268 g/mol. The number of hydrazone groups is 1. The van der Waals surface area contributed by atoms with Crippen molar-refractivity contribution >= 4 is 28.7 Å². The molecule has 0 aliphatic rings. The highest BCUT2D eigenvalue weighted by Gasteiger charge is 2.17. The minimum atomic E-state index is -0.960. The number of halogens is 2. The summed E-state index contributed by atoms with van der Waals surface area (Å²) in [5, 5.41) is 30.4. The molecule has 0 radical (unpaired) electrons. The zero-order valence-electron chi connectivity index (χ0n) is 8.52. The van der Waals surface area contributed by atoms with E-state index in [9.17, 15) is 14.5 Å². The van der Waals surface area contributed by atoms with Crippen LogP contribution in [0.3, 0.4) is 0 Å². The fourth-order valence-corrected chi connectivity index (χ4v) is 1.13. The number of rotatable bonds is 3. The zero-order valence-corrected chi connectivity index (χ0v) is 9.27. The third-order valence-corrected chi connectivity index (χ3v) is 2.02. The molecule has 90 valence electrons. The molecule has 0 aliphatic carbocycles. The Morgan fingerprint density at radius 2 is 2.11 bits per heavy atom. The van der Waals surface area contributed by atoms with E-state index in [0.29, 0.717) is 6.07 Å². The molecule has 1 aromatic carbocycles. The Kier molecular flexibility index (Phi) is 4.13. The highest BCUT2D eigenvalue weighted by Crippen LogP contribution is 2.30. The van der Waals surface area contributed by atoms with E-state index in [1.165, 1.54) is 12.1 Å². The number of nitrogens with one attached hydrogen (secondary N) is 1. The molecule has 1 rings (SSSR count). The van der Waals surface area contributed by atoms with Gasteiger partial charge in [-0.25, -0.2) is 4.39 Å². The lowest BCUT2D eigenvalue weighted by molar-refractivity contribution is -0.384. The van der Waals surface area contributed by atoms with Crippen LogP contribution < -0.4 is 5.43 Å². The Morgan fingerprint density at radius 3 is 2.61 bits per heavy atom. The van der Waals surface area contributed by atoms with Crippen LogP contribution in [0.5, 0.6) is 0 Å². The van der Waals surface area contributed by atoms with E-state index in [1.807, 2.05) is 0 Å². The van der Waals surface area contributed by atoms with Crippen molar-refractivity contribution in [1.29, 1.82) is 10.5 Å². The summed E-state index contributed by atoms with van der Waals surface area (Å²) >= 11 is 5.46. The fraction of sp³-hybridized carbons (Fsp3) is 0. The normalized spacial score (nSPS) is 8.89. The summed E-state index contributed by atoms with van der Waals surface area (Å²) in [7, 11) is 0. The first-order valence-electron chi connectivity index (χ1n) is 4.27. The number of hydrogen-bond donors (Lipinski definition) is 1. The van der Waals surface area contributed by atoms with Crippen LogP contribution >= 0.6 is 11.6 Å². The second-order valence-electron chi connectivity index (χ2n) is 2.84. The number of nitrogens with zero attached hydrogens (tertiary/aromatic N) is 4. The zero-order chi connectivity index (χ0) is 13.7. The van der Waals surface area contributed by atoms with Crippen LogP contribution in [0.2, 0.25) is 5.02 Å². The van der Waals surface area contributed by atoms with E-state index >= 15 is 0 Å². The minimum absolute atomic E-state index is 0.227. The second kappa shape index (κ2) is 5.57. The highest BCUT2D eigenvalue weighted by atomic mass is 35.5. The van der Waals surface area contributed by atoms with Gasteiger partial charge in [0.1, 0.15) is 23.6 Å². The molecule has 0 bridgehead atoms. The summed E-state index contributed by atoms with van der Waals surface area (Å²) in [6.45, 7) is 0. The lowest BCUT2D eigenvalue weighted by Crippen LogP contribution is -2.00. The van der Waals surface area contributed by atoms with Gasteiger partial charge in [-0.1, -0.05) is 11.6 Å². The Morgan fingerprint density at radius 1 is 1.50 bits per heavy atom. The quantitative estimate of drug-likeness (QED) is 0.512. The molecule has 0 saturated carbocycles. The molecule has 0 fully saturated rings. The van der Waals surface area contributed by atoms with Crippen LogP contribution in [0.25, 0.3) is 0 Å². The average Bonchev–Trinajstić information content (AvgIpc) is 2.34. The molecular weight excluding hydrogens is 265 g/mol. The lowest BCUT2D eigenvalue weighted by Gasteiger charge is -2.03. The van der Waals surface area contributed by atoms with Gasteiger partial charge in [0.2, 0.25) is 5.71 Å². The van der Waals surface area contributed by atoms with Gasteiger partial charge in [0.15, 0.2) is 0 Å². The second-order valence-corrected chi connectivity index (χ2v) is 3.24. The van der Waals surface area contributed by atoms with Gasteiger partial charge in [0.05, 0.1) is 16.0 Å². The van der Waals surface area contributed by atoms with E-state index in [-0.39, 0.29) is 10.7 Å². The largest absolute Gasteiger partial charge is 0.297 e. The van der Waals surface area contributed by atoms with Crippen LogP contribution in [0.15, 0.2) is 17.2 Å². The van der Waals surface area contributed by atoms with Gasteiger partial charge in [-0.05, 0) is 6.07 Å². The summed E-state index contributed by atoms with van der Waals surface area (Å²) in [5.41, 5.74) is 0.735. The van der Waals surface area contributed by atoms with Crippen LogP contribution in [-0.4, -0.2) is 10.6 Å². The Labute approximate surface area is 105 Å². The Hall–Kier alpha value is -2.71. The van der Waals surface area contributed by atoms with Gasteiger partial charge in [-0.15, -0.1) is 0 Å². The molecule has 0 aromatic heterocycles. The van der Waals surface area contributed by atoms with Crippen LogP contribution in [0, 0.1) is 38.6 Å². The molecule has 0 spiro atoms. The predicted molar refractivity (Wildman–Crippen MR) is 60.3 cm³/mol. The van der Waals surface area contributed by atoms with E-state index < -0.39 is 22.1 Å². The molecule has 1 aromatic rings. The van der Waals surface area contributed by atoms with Gasteiger partial charge in [-0.3, -0.25) is 15.5 Å². The van der Waals surface area contributed by atoms with E-state index in [4.69, 9.17) is 22.1 Å². The van der Waals surface area contributed by atoms with Crippen molar-refractivity contribution < 1.29 is 9.31 Å². The Balaban J connectivity index is 3.21. The molecule has 1 N–H and O–H groups in total. The van der Waals surface area contributed by atoms with Crippen LogP contribution in [0.1, 0.15) is 0 Å². The van der Waals surface area contributed by atoms with Crippen molar-refractivity contribution in [2.45, 2.75) is 0 Å². The van der Waals surface area contributed by atoms with E-state index in [1.54, 1.807) is 0 Å². The van der Waals surface area contributed by atoms with Crippen LogP contribution in [0.4, 0.5) is 15.8 Å². The smallest absolute Gasteiger partial charge is 0.270 e. The van der Waals surface area contributed by atoms with Crippen molar-refractivity contribution in [3.63, 3.8) is 0 Å². The van der Waals surface area contributed by atoms with Gasteiger partial charge < -0.3 is 0 Å². The van der Waals surface area contributed by atoms with Crippen molar-refractivity contribution in [3.8, 4) is 12.1 Å². The van der Waals surface area contributed by atoms with Crippen LogP contribution in [-0.2, 0) is 0 Å². The standard InChI is InChI=1S/C9H3ClFN5O2/c10-6-1-8(15-14-5(3-12)4-13)9(16(17)18)2-7(6)11/h1-2,15H. The third kappa shape index (κ3) is 2.90. The van der Waals surface area contributed by atoms with E-state index in [2.05, 4.69) is 10.5 Å². The Bertz CT molecular complexity index is 601. The summed E-state index contributed by atoms with van der Waals surface area (Å²) in [6, 6.07) is 4.44. The summed E-state index contributed by atoms with van der Waals surface area (Å²) < 4.78 is 13.0. The van der Waals surface area contributed by atoms with Gasteiger partial charge in [-0.2, -0.15) is 15.6 Å². The number of nitro groups is 1. The molecule has 0 heterocycles.